The van der Waals surface area contributed by atoms with Crippen molar-refractivity contribution in [1.29, 1.82) is 0 Å². The quantitative estimate of drug-likeness (QED) is 0.272. The highest BCUT2D eigenvalue weighted by atomic mass is 35.5. The molecule has 3 aromatic rings. The molecule has 0 radical (unpaired) electrons. The number of para-hydroxylation sites is 1. The number of carboxylic acids is 1. The number of ether oxygens (including phenoxy) is 1. The Morgan fingerprint density at radius 1 is 1.00 bits per heavy atom. The molecule has 0 saturated heterocycles. The van der Waals surface area contributed by atoms with Crippen molar-refractivity contribution < 1.29 is 19.4 Å². The minimum absolute atomic E-state index is 0.00916. The third-order valence-corrected chi connectivity index (χ3v) is 6.66. The van der Waals surface area contributed by atoms with E-state index >= 15 is 0 Å². The van der Waals surface area contributed by atoms with E-state index in [0.717, 1.165) is 5.56 Å². The lowest BCUT2D eigenvalue weighted by Crippen LogP contribution is -2.44. The average Bonchev–Trinajstić information content (AvgIpc) is 2.78. The molecule has 0 saturated carbocycles. The van der Waals surface area contributed by atoms with Gasteiger partial charge in [-0.2, -0.15) is 0 Å². The Morgan fingerprint density at radius 3 is 2.34 bits per heavy atom. The molecular weight excluding hydrogens is 471 g/mol. The average molecular weight is 491 g/mol. The Labute approximate surface area is 199 Å². The summed E-state index contributed by atoms with van der Waals surface area (Å²) >= 11 is 13.4. The van der Waals surface area contributed by atoms with E-state index in [1.165, 1.54) is 11.8 Å². The SMILES string of the molecule is Nc1ccccc1SC(c1ccc(Cl)c(Cl)c1)[C@H](NC(=O)OCc1ccccc1)C(=O)O. The van der Waals surface area contributed by atoms with Gasteiger partial charge in [0.1, 0.15) is 12.6 Å². The number of hydrogen-bond acceptors (Lipinski definition) is 5. The number of halogens is 2. The molecule has 4 N–H and O–H groups in total. The number of nitrogen functional groups attached to an aromatic ring is 1. The van der Waals surface area contributed by atoms with Gasteiger partial charge in [-0.15, -0.1) is 11.8 Å². The number of thioether (sulfide) groups is 1. The lowest BCUT2D eigenvalue weighted by molar-refractivity contribution is -0.139. The van der Waals surface area contributed by atoms with Gasteiger partial charge in [0.05, 0.1) is 15.3 Å². The first-order valence-corrected chi connectivity index (χ1v) is 11.1. The molecule has 6 nitrogen and oxygen atoms in total. The number of benzene rings is 3. The van der Waals surface area contributed by atoms with Gasteiger partial charge in [0.15, 0.2) is 0 Å². The van der Waals surface area contributed by atoms with Gasteiger partial charge in [0.25, 0.3) is 0 Å². The highest BCUT2D eigenvalue weighted by molar-refractivity contribution is 7.99. The smallest absolute Gasteiger partial charge is 0.408 e. The van der Waals surface area contributed by atoms with E-state index in [1.54, 1.807) is 54.6 Å². The van der Waals surface area contributed by atoms with Crippen LogP contribution < -0.4 is 11.1 Å². The van der Waals surface area contributed by atoms with Crippen LogP contribution in [-0.2, 0) is 16.1 Å². The number of carbonyl (C=O) groups is 2. The fourth-order valence-corrected chi connectivity index (χ4v) is 4.45. The maximum Gasteiger partial charge on any atom is 0.408 e. The first kappa shape index (κ1) is 23.8. The van der Waals surface area contributed by atoms with Gasteiger partial charge in [0, 0.05) is 10.6 Å². The van der Waals surface area contributed by atoms with Crippen LogP contribution in [0.15, 0.2) is 77.7 Å². The number of aliphatic carboxylic acids is 1. The van der Waals surface area contributed by atoms with E-state index < -0.39 is 23.4 Å². The molecule has 0 aliphatic heterocycles. The van der Waals surface area contributed by atoms with Crippen LogP contribution in [0.2, 0.25) is 10.0 Å². The van der Waals surface area contributed by atoms with Crippen molar-refractivity contribution in [1.82, 2.24) is 5.32 Å². The standard InChI is InChI=1S/C23H20Cl2N2O4S/c24-16-11-10-15(12-17(16)25)21(32-19-9-5-4-8-18(19)26)20(22(28)29)27-23(30)31-13-14-6-2-1-3-7-14/h1-12,20-21H,13,26H2,(H,27,30)(H,28,29)/t20-,21?/m0/s1. The van der Waals surface area contributed by atoms with Crippen LogP contribution in [-0.4, -0.2) is 23.2 Å². The number of rotatable bonds is 8. The zero-order valence-electron chi connectivity index (χ0n) is 16.7. The Kier molecular flexibility index (Phi) is 8.27. The number of nitrogens with one attached hydrogen (secondary N) is 1. The van der Waals surface area contributed by atoms with Crippen molar-refractivity contribution in [3.8, 4) is 0 Å². The van der Waals surface area contributed by atoms with Crippen LogP contribution in [0.1, 0.15) is 16.4 Å². The Balaban J connectivity index is 1.86. The maximum atomic E-state index is 12.4. The molecule has 0 aliphatic carbocycles. The number of nitrogens with two attached hydrogens (primary N) is 1. The topological polar surface area (TPSA) is 102 Å². The van der Waals surface area contributed by atoms with E-state index in [-0.39, 0.29) is 11.6 Å². The van der Waals surface area contributed by atoms with Crippen molar-refractivity contribution in [2.45, 2.75) is 22.8 Å². The fourth-order valence-electron chi connectivity index (χ4n) is 2.90. The molecule has 1 unspecified atom stereocenters. The monoisotopic (exact) mass is 490 g/mol. The summed E-state index contributed by atoms with van der Waals surface area (Å²) in [4.78, 5) is 25.3. The normalized spacial score (nSPS) is 12.6. The molecule has 2 atom stereocenters. The molecule has 0 fully saturated rings. The largest absolute Gasteiger partial charge is 0.480 e. The highest BCUT2D eigenvalue weighted by Gasteiger charge is 2.33. The first-order valence-electron chi connectivity index (χ1n) is 9.51. The molecule has 9 heteroatoms. The molecule has 3 aromatic carbocycles. The maximum absolute atomic E-state index is 12.4. The fraction of sp³-hybridized carbons (Fsp3) is 0.130. The minimum atomic E-state index is -1.33. The molecule has 1 amide bonds. The van der Waals surface area contributed by atoms with Crippen LogP contribution in [0.25, 0.3) is 0 Å². The number of anilines is 1. The van der Waals surface area contributed by atoms with Gasteiger partial charge in [-0.25, -0.2) is 9.59 Å². The summed E-state index contributed by atoms with van der Waals surface area (Å²) < 4.78 is 5.22. The summed E-state index contributed by atoms with van der Waals surface area (Å²) in [5, 5.41) is 12.2. The van der Waals surface area contributed by atoms with E-state index in [0.29, 0.717) is 21.2 Å². The summed E-state index contributed by atoms with van der Waals surface area (Å²) in [6.45, 7) is 0.00916. The number of amides is 1. The van der Waals surface area contributed by atoms with E-state index in [2.05, 4.69) is 5.32 Å². The number of carbonyl (C=O) groups excluding carboxylic acids is 1. The van der Waals surface area contributed by atoms with Crippen LogP contribution in [0.3, 0.4) is 0 Å². The van der Waals surface area contributed by atoms with Crippen molar-refractivity contribution >= 4 is 52.7 Å². The van der Waals surface area contributed by atoms with Crippen LogP contribution in [0, 0.1) is 0 Å². The summed E-state index contributed by atoms with van der Waals surface area (Å²) in [6.07, 6.45) is -0.854. The third kappa shape index (κ3) is 6.32. The van der Waals surface area contributed by atoms with Crippen molar-refractivity contribution in [3.05, 3.63) is 94.0 Å². The van der Waals surface area contributed by atoms with Crippen molar-refractivity contribution in [2.75, 3.05) is 5.73 Å². The van der Waals surface area contributed by atoms with Crippen LogP contribution in [0.4, 0.5) is 10.5 Å². The van der Waals surface area contributed by atoms with Gasteiger partial charge in [-0.1, -0.05) is 71.7 Å². The highest BCUT2D eigenvalue weighted by Crippen LogP contribution is 2.42. The summed E-state index contributed by atoms with van der Waals surface area (Å²) in [5.41, 5.74) is 7.89. The lowest BCUT2D eigenvalue weighted by atomic mass is 10.1. The second-order valence-electron chi connectivity index (χ2n) is 6.77. The Bertz CT molecular complexity index is 1100. The minimum Gasteiger partial charge on any atom is -0.480 e. The van der Waals surface area contributed by atoms with Gasteiger partial charge in [0.2, 0.25) is 0 Å². The molecule has 166 valence electrons. The summed E-state index contributed by atoms with van der Waals surface area (Å²) in [7, 11) is 0. The van der Waals surface area contributed by atoms with E-state index in [4.69, 9.17) is 33.7 Å². The molecule has 3 rings (SSSR count). The van der Waals surface area contributed by atoms with Gasteiger partial charge >= 0.3 is 12.1 Å². The third-order valence-electron chi connectivity index (χ3n) is 4.50. The predicted molar refractivity (Wildman–Crippen MR) is 127 cm³/mol. The van der Waals surface area contributed by atoms with E-state index in [9.17, 15) is 14.7 Å². The number of alkyl carbamates (subject to hydrolysis) is 1. The Morgan fingerprint density at radius 2 is 1.69 bits per heavy atom. The van der Waals surface area contributed by atoms with Gasteiger partial charge in [-0.3, -0.25) is 0 Å². The van der Waals surface area contributed by atoms with Crippen molar-refractivity contribution in [2.24, 2.45) is 0 Å². The second-order valence-corrected chi connectivity index (χ2v) is 8.77. The zero-order chi connectivity index (χ0) is 23.1. The molecule has 0 aliphatic rings. The molecule has 0 bridgehead atoms. The van der Waals surface area contributed by atoms with Crippen molar-refractivity contribution in [3.63, 3.8) is 0 Å². The molecular formula is C23H20Cl2N2O4S. The van der Waals surface area contributed by atoms with Crippen LogP contribution in [0.5, 0.6) is 0 Å². The predicted octanol–water partition coefficient (Wildman–Crippen LogP) is 5.79. The summed E-state index contributed by atoms with van der Waals surface area (Å²) in [5.74, 6) is -1.24. The lowest BCUT2D eigenvalue weighted by Gasteiger charge is -2.25. The molecule has 32 heavy (non-hydrogen) atoms. The molecule has 0 aromatic heterocycles. The van der Waals surface area contributed by atoms with Crippen LogP contribution >= 0.6 is 35.0 Å². The Hall–Kier alpha value is -2.87. The second kappa shape index (κ2) is 11.1. The molecule has 0 heterocycles. The van der Waals surface area contributed by atoms with Gasteiger partial charge in [-0.05, 0) is 35.4 Å². The first-order chi connectivity index (χ1) is 15.3. The van der Waals surface area contributed by atoms with E-state index in [1.807, 2.05) is 18.2 Å². The molecule has 0 spiro atoms. The summed E-state index contributed by atoms with van der Waals surface area (Å²) in [6, 6.07) is 19.6. The zero-order valence-corrected chi connectivity index (χ0v) is 19.0. The number of carboxylic acid groups (broad SMARTS) is 1. The van der Waals surface area contributed by atoms with Gasteiger partial charge < -0.3 is 20.9 Å². The number of hydrogen-bond donors (Lipinski definition) is 3.